The predicted octanol–water partition coefficient (Wildman–Crippen LogP) is 0.801. The molecule has 1 fully saturated rings. The highest BCUT2D eigenvalue weighted by Crippen LogP contribution is 2.17. The zero-order chi connectivity index (χ0) is 14.5. The fraction of sp³-hybridized carbons (Fsp3) is 0.467. The van der Waals surface area contributed by atoms with E-state index < -0.39 is 6.10 Å². The summed E-state index contributed by atoms with van der Waals surface area (Å²) in [5.41, 5.74) is 0.832. The van der Waals surface area contributed by atoms with Crippen LogP contribution in [0.1, 0.15) is 25.0 Å². The van der Waals surface area contributed by atoms with Gasteiger partial charge in [0.2, 0.25) is 11.8 Å². The number of aliphatic hydroxyl groups is 1. The fourth-order valence-electron chi connectivity index (χ4n) is 2.31. The minimum atomic E-state index is -0.608. The third-order valence-corrected chi connectivity index (χ3v) is 3.60. The van der Waals surface area contributed by atoms with Crippen LogP contribution in [0.5, 0.6) is 0 Å². The van der Waals surface area contributed by atoms with Gasteiger partial charge in [-0.2, -0.15) is 0 Å². The molecular formula is C15H20N2O3. The van der Waals surface area contributed by atoms with Crippen molar-refractivity contribution in [1.29, 1.82) is 0 Å². The first kappa shape index (κ1) is 14.5. The number of hydrogen-bond acceptors (Lipinski definition) is 3. The largest absolute Gasteiger partial charge is 0.388 e. The molecule has 5 nitrogen and oxygen atoms in total. The molecule has 2 rings (SSSR count). The second-order valence-electron chi connectivity index (χ2n) is 4.94. The van der Waals surface area contributed by atoms with E-state index in [1.807, 2.05) is 37.3 Å². The van der Waals surface area contributed by atoms with Gasteiger partial charge in [0.05, 0.1) is 19.2 Å². The first-order chi connectivity index (χ1) is 9.61. The Bertz CT molecular complexity index is 475. The van der Waals surface area contributed by atoms with Crippen molar-refractivity contribution in [2.75, 3.05) is 26.2 Å². The van der Waals surface area contributed by atoms with Crippen LogP contribution in [0.4, 0.5) is 0 Å². The summed E-state index contributed by atoms with van der Waals surface area (Å²) in [5, 5.41) is 10.1. The normalized spacial score (nSPS) is 17.5. The van der Waals surface area contributed by atoms with Crippen LogP contribution in [0, 0.1) is 0 Å². The number of piperazine rings is 1. The molecule has 1 aliphatic rings. The Morgan fingerprint density at radius 1 is 1.10 bits per heavy atom. The zero-order valence-electron chi connectivity index (χ0n) is 11.7. The van der Waals surface area contributed by atoms with Gasteiger partial charge in [0.1, 0.15) is 0 Å². The van der Waals surface area contributed by atoms with E-state index in [1.165, 1.54) is 4.90 Å². The van der Waals surface area contributed by atoms with Gasteiger partial charge in [-0.1, -0.05) is 30.3 Å². The van der Waals surface area contributed by atoms with Gasteiger partial charge in [0, 0.05) is 13.1 Å². The molecule has 0 bridgehead atoms. The number of rotatable bonds is 5. The lowest BCUT2D eigenvalue weighted by molar-refractivity contribution is -0.150. The van der Waals surface area contributed by atoms with Crippen LogP contribution in [0.2, 0.25) is 0 Å². The summed E-state index contributed by atoms with van der Waals surface area (Å²) in [5.74, 6) is -0.0759. The van der Waals surface area contributed by atoms with E-state index in [1.54, 1.807) is 4.90 Å². The maximum atomic E-state index is 11.9. The average molecular weight is 276 g/mol. The molecule has 1 heterocycles. The number of hydrogen-bond donors (Lipinski definition) is 1. The Hall–Kier alpha value is -1.88. The van der Waals surface area contributed by atoms with Gasteiger partial charge in [-0.05, 0) is 18.9 Å². The molecule has 1 aromatic rings. The van der Waals surface area contributed by atoms with Crippen LogP contribution in [0.25, 0.3) is 0 Å². The molecule has 108 valence electrons. The highest BCUT2D eigenvalue weighted by atomic mass is 16.3. The van der Waals surface area contributed by atoms with Crippen molar-refractivity contribution in [1.82, 2.24) is 9.80 Å². The monoisotopic (exact) mass is 276 g/mol. The standard InChI is InChI=1S/C15H20N2O3/c1-2-16-10-15(20)17(11-14(16)19)9-8-13(18)12-6-4-3-5-7-12/h3-7,13,18H,2,8-11H2,1H3. The van der Waals surface area contributed by atoms with E-state index in [0.29, 0.717) is 19.5 Å². The lowest BCUT2D eigenvalue weighted by Gasteiger charge is -2.33. The lowest BCUT2D eigenvalue weighted by atomic mass is 10.1. The number of amides is 2. The van der Waals surface area contributed by atoms with Gasteiger partial charge < -0.3 is 14.9 Å². The lowest BCUT2D eigenvalue weighted by Crippen LogP contribution is -2.53. The van der Waals surface area contributed by atoms with Crippen LogP contribution in [0.3, 0.4) is 0 Å². The second kappa shape index (κ2) is 6.52. The topological polar surface area (TPSA) is 60.9 Å². The third-order valence-electron chi connectivity index (χ3n) is 3.60. The molecule has 1 atom stereocenters. The smallest absolute Gasteiger partial charge is 0.242 e. The quantitative estimate of drug-likeness (QED) is 0.865. The maximum absolute atomic E-state index is 11.9. The van der Waals surface area contributed by atoms with Gasteiger partial charge >= 0.3 is 0 Å². The Balaban J connectivity index is 1.88. The number of nitrogens with zero attached hydrogens (tertiary/aromatic N) is 2. The van der Waals surface area contributed by atoms with Crippen molar-refractivity contribution >= 4 is 11.8 Å². The van der Waals surface area contributed by atoms with Gasteiger partial charge in [-0.3, -0.25) is 9.59 Å². The van der Waals surface area contributed by atoms with Crippen LogP contribution >= 0.6 is 0 Å². The summed E-state index contributed by atoms with van der Waals surface area (Å²) in [6, 6.07) is 9.34. The molecule has 1 N–H and O–H groups in total. The molecule has 2 amide bonds. The summed E-state index contributed by atoms with van der Waals surface area (Å²) >= 11 is 0. The van der Waals surface area contributed by atoms with E-state index in [-0.39, 0.29) is 24.9 Å². The van der Waals surface area contributed by atoms with E-state index >= 15 is 0 Å². The number of carbonyl (C=O) groups is 2. The van der Waals surface area contributed by atoms with Crippen molar-refractivity contribution in [2.45, 2.75) is 19.4 Å². The molecule has 0 aliphatic carbocycles. The zero-order valence-corrected chi connectivity index (χ0v) is 11.7. The Morgan fingerprint density at radius 3 is 2.35 bits per heavy atom. The first-order valence-electron chi connectivity index (χ1n) is 6.90. The van der Waals surface area contributed by atoms with Crippen LogP contribution in [-0.4, -0.2) is 52.9 Å². The van der Waals surface area contributed by atoms with Crippen molar-refractivity contribution in [3.05, 3.63) is 35.9 Å². The van der Waals surface area contributed by atoms with Gasteiger partial charge in [-0.25, -0.2) is 0 Å². The Morgan fingerprint density at radius 2 is 1.70 bits per heavy atom. The fourth-order valence-corrected chi connectivity index (χ4v) is 2.31. The summed E-state index contributed by atoms with van der Waals surface area (Å²) in [7, 11) is 0. The minimum absolute atomic E-state index is 0.0266. The van der Waals surface area contributed by atoms with Crippen LogP contribution < -0.4 is 0 Å². The Labute approximate surface area is 118 Å². The van der Waals surface area contributed by atoms with Gasteiger partial charge in [0.15, 0.2) is 0 Å². The highest BCUT2D eigenvalue weighted by Gasteiger charge is 2.28. The second-order valence-corrected chi connectivity index (χ2v) is 4.94. The molecule has 5 heteroatoms. The molecule has 1 saturated heterocycles. The molecule has 1 aromatic carbocycles. The van der Waals surface area contributed by atoms with Crippen molar-refractivity contribution in [3.8, 4) is 0 Å². The number of carbonyl (C=O) groups excluding carboxylic acids is 2. The molecule has 0 saturated carbocycles. The minimum Gasteiger partial charge on any atom is -0.388 e. The van der Waals surface area contributed by atoms with E-state index in [4.69, 9.17) is 0 Å². The maximum Gasteiger partial charge on any atom is 0.242 e. The van der Waals surface area contributed by atoms with Crippen molar-refractivity contribution in [3.63, 3.8) is 0 Å². The summed E-state index contributed by atoms with van der Waals surface area (Å²) in [6.07, 6.45) is -0.168. The number of benzene rings is 1. The predicted molar refractivity (Wildman–Crippen MR) is 74.9 cm³/mol. The molecule has 0 spiro atoms. The molecule has 20 heavy (non-hydrogen) atoms. The molecule has 1 unspecified atom stereocenters. The highest BCUT2D eigenvalue weighted by molar-refractivity contribution is 5.92. The van der Waals surface area contributed by atoms with Crippen molar-refractivity contribution in [2.24, 2.45) is 0 Å². The molecular weight excluding hydrogens is 256 g/mol. The van der Waals surface area contributed by atoms with E-state index in [0.717, 1.165) is 5.56 Å². The van der Waals surface area contributed by atoms with Crippen LogP contribution in [0.15, 0.2) is 30.3 Å². The van der Waals surface area contributed by atoms with E-state index in [2.05, 4.69) is 0 Å². The van der Waals surface area contributed by atoms with E-state index in [9.17, 15) is 14.7 Å². The summed E-state index contributed by atoms with van der Waals surface area (Å²) in [4.78, 5) is 26.8. The number of likely N-dealkylation sites (N-methyl/N-ethyl adjacent to an activating group) is 1. The Kier molecular flexibility index (Phi) is 4.74. The molecule has 0 radical (unpaired) electrons. The number of aliphatic hydroxyl groups excluding tert-OH is 1. The van der Waals surface area contributed by atoms with Crippen LogP contribution in [-0.2, 0) is 9.59 Å². The summed E-state index contributed by atoms with van der Waals surface area (Å²) < 4.78 is 0. The average Bonchev–Trinajstić information content (AvgIpc) is 2.48. The molecule has 0 aromatic heterocycles. The third kappa shape index (κ3) is 3.36. The molecule has 1 aliphatic heterocycles. The van der Waals surface area contributed by atoms with Gasteiger partial charge in [0.25, 0.3) is 0 Å². The van der Waals surface area contributed by atoms with Crippen molar-refractivity contribution < 1.29 is 14.7 Å². The SMILES string of the molecule is CCN1CC(=O)N(CCC(O)c2ccccc2)CC1=O. The first-order valence-corrected chi connectivity index (χ1v) is 6.90. The van der Waals surface area contributed by atoms with Gasteiger partial charge in [-0.15, -0.1) is 0 Å². The summed E-state index contributed by atoms with van der Waals surface area (Å²) in [6.45, 7) is 3.09.